The Labute approximate surface area is 109 Å². The topological polar surface area (TPSA) is 42.4 Å². The molecule has 2 rings (SSSR count). The maximum absolute atomic E-state index is 10.6. The third-order valence-corrected chi connectivity index (χ3v) is 4.00. The molecule has 1 heterocycles. The molecule has 0 aliphatic heterocycles. The van der Waals surface area contributed by atoms with Gasteiger partial charge in [0.2, 0.25) is 0 Å². The van der Waals surface area contributed by atoms with Gasteiger partial charge in [0.25, 0.3) is 0 Å². The summed E-state index contributed by atoms with van der Waals surface area (Å²) in [6.45, 7) is 2.12. The molecule has 1 N–H and O–H groups in total. The maximum Gasteiger partial charge on any atom is 0.0705 e. The molecule has 1 aromatic rings. The molecule has 0 radical (unpaired) electrons. The van der Waals surface area contributed by atoms with E-state index >= 15 is 0 Å². The predicted octanol–water partition coefficient (Wildman–Crippen LogP) is 2.51. The highest BCUT2D eigenvalue weighted by Gasteiger charge is 2.33. The molecule has 0 amide bonds. The monoisotopic (exact) mass is 249 g/mol. The number of hydrogen-bond donors (Lipinski definition) is 1. The highest BCUT2D eigenvalue weighted by molar-refractivity contribution is 5.15. The summed E-state index contributed by atoms with van der Waals surface area (Å²) in [6, 6.07) is 4.14. The lowest BCUT2D eigenvalue weighted by atomic mass is 9.80. The number of aliphatic hydroxyl groups is 1. The first-order valence-corrected chi connectivity index (χ1v) is 6.84. The SMILES string of the molecule is CCc1ccc(CC2(O)CCC(OC)CC2)nc1. The first-order valence-electron chi connectivity index (χ1n) is 6.84. The van der Waals surface area contributed by atoms with Crippen molar-refractivity contribution in [3.8, 4) is 0 Å². The average Bonchev–Trinajstić information content (AvgIpc) is 2.40. The summed E-state index contributed by atoms with van der Waals surface area (Å²) >= 11 is 0. The second-order valence-corrected chi connectivity index (χ2v) is 5.35. The second kappa shape index (κ2) is 5.81. The van der Waals surface area contributed by atoms with E-state index < -0.39 is 5.60 Å². The van der Waals surface area contributed by atoms with Crippen molar-refractivity contribution < 1.29 is 9.84 Å². The summed E-state index contributed by atoms with van der Waals surface area (Å²) < 4.78 is 5.34. The highest BCUT2D eigenvalue weighted by Crippen LogP contribution is 2.32. The number of aryl methyl sites for hydroxylation is 1. The van der Waals surface area contributed by atoms with Crippen LogP contribution in [0.4, 0.5) is 0 Å². The molecule has 0 spiro atoms. The van der Waals surface area contributed by atoms with E-state index in [1.54, 1.807) is 7.11 Å². The predicted molar refractivity (Wildman–Crippen MR) is 71.5 cm³/mol. The van der Waals surface area contributed by atoms with Gasteiger partial charge in [0.15, 0.2) is 0 Å². The van der Waals surface area contributed by atoms with Crippen LogP contribution in [0.5, 0.6) is 0 Å². The van der Waals surface area contributed by atoms with Gasteiger partial charge in [-0.2, -0.15) is 0 Å². The van der Waals surface area contributed by atoms with Gasteiger partial charge in [-0.1, -0.05) is 13.0 Å². The molecule has 3 heteroatoms. The first kappa shape index (κ1) is 13.5. The molecule has 1 aliphatic rings. The van der Waals surface area contributed by atoms with Gasteiger partial charge in [-0.3, -0.25) is 4.98 Å². The van der Waals surface area contributed by atoms with E-state index in [1.165, 1.54) is 5.56 Å². The summed E-state index contributed by atoms with van der Waals surface area (Å²) in [5, 5.41) is 10.6. The summed E-state index contributed by atoms with van der Waals surface area (Å²) in [5.41, 5.74) is 1.65. The highest BCUT2D eigenvalue weighted by atomic mass is 16.5. The normalized spacial score (nSPS) is 28.3. The van der Waals surface area contributed by atoms with Crippen LogP contribution in [0.25, 0.3) is 0 Å². The van der Waals surface area contributed by atoms with E-state index in [0.717, 1.165) is 37.8 Å². The Balaban J connectivity index is 1.95. The van der Waals surface area contributed by atoms with Crippen LogP contribution in [-0.2, 0) is 17.6 Å². The van der Waals surface area contributed by atoms with Gasteiger partial charge in [0.05, 0.1) is 11.7 Å². The Morgan fingerprint density at radius 2 is 2.11 bits per heavy atom. The fourth-order valence-corrected chi connectivity index (χ4v) is 2.65. The fourth-order valence-electron chi connectivity index (χ4n) is 2.65. The summed E-state index contributed by atoms with van der Waals surface area (Å²) in [6.07, 6.45) is 7.41. The minimum absolute atomic E-state index is 0.320. The Bertz CT molecular complexity index is 367. The molecular formula is C15H23NO2. The summed E-state index contributed by atoms with van der Waals surface area (Å²) in [4.78, 5) is 4.44. The van der Waals surface area contributed by atoms with E-state index in [0.29, 0.717) is 12.5 Å². The van der Waals surface area contributed by atoms with Crippen LogP contribution in [-0.4, -0.2) is 28.9 Å². The minimum atomic E-state index is -0.588. The molecule has 18 heavy (non-hydrogen) atoms. The van der Waals surface area contributed by atoms with Gasteiger partial charge >= 0.3 is 0 Å². The molecule has 100 valence electrons. The van der Waals surface area contributed by atoms with Crippen molar-refractivity contribution in [2.75, 3.05) is 7.11 Å². The molecule has 1 aromatic heterocycles. The fraction of sp³-hybridized carbons (Fsp3) is 0.667. The third kappa shape index (κ3) is 3.30. The van der Waals surface area contributed by atoms with Crippen LogP contribution in [0.3, 0.4) is 0 Å². The van der Waals surface area contributed by atoms with Crippen LogP contribution >= 0.6 is 0 Å². The lowest BCUT2D eigenvalue weighted by molar-refractivity contribution is -0.0432. The molecule has 1 fully saturated rings. The van der Waals surface area contributed by atoms with Crippen molar-refractivity contribution in [2.24, 2.45) is 0 Å². The second-order valence-electron chi connectivity index (χ2n) is 5.35. The quantitative estimate of drug-likeness (QED) is 0.891. The van der Waals surface area contributed by atoms with E-state index in [4.69, 9.17) is 4.74 Å². The molecule has 0 unspecified atom stereocenters. The van der Waals surface area contributed by atoms with Crippen molar-refractivity contribution in [3.05, 3.63) is 29.6 Å². The number of methoxy groups -OCH3 is 1. The summed E-state index contributed by atoms with van der Waals surface area (Å²) in [7, 11) is 1.75. The van der Waals surface area contributed by atoms with Crippen molar-refractivity contribution in [2.45, 2.75) is 57.2 Å². The largest absolute Gasteiger partial charge is 0.389 e. The zero-order valence-electron chi connectivity index (χ0n) is 11.4. The number of pyridine rings is 1. The molecule has 0 atom stereocenters. The minimum Gasteiger partial charge on any atom is -0.389 e. The van der Waals surface area contributed by atoms with Crippen LogP contribution in [0.1, 0.15) is 43.9 Å². The molecular weight excluding hydrogens is 226 g/mol. The number of aromatic nitrogens is 1. The Morgan fingerprint density at radius 3 is 2.61 bits per heavy atom. The van der Waals surface area contributed by atoms with Gasteiger partial charge in [0.1, 0.15) is 0 Å². The Morgan fingerprint density at radius 1 is 1.39 bits per heavy atom. The van der Waals surface area contributed by atoms with Gasteiger partial charge in [-0.25, -0.2) is 0 Å². The number of hydrogen-bond acceptors (Lipinski definition) is 3. The van der Waals surface area contributed by atoms with Crippen molar-refractivity contribution in [1.29, 1.82) is 0 Å². The molecule has 0 saturated heterocycles. The van der Waals surface area contributed by atoms with Gasteiger partial charge in [0, 0.05) is 25.4 Å². The third-order valence-electron chi connectivity index (χ3n) is 4.00. The van der Waals surface area contributed by atoms with E-state index in [9.17, 15) is 5.11 Å². The Kier molecular flexibility index (Phi) is 4.36. The van der Waals surface area contributed by atoms with Gasteiger partial charge < -0.3 is 9.84 Å². The van der Waals surface area contributed by atoms with Crippen LogP contribution in [0.15, 0.2) is 18.3 Å². The zero-order chi connectivity index (χ0) is 13.0. The van der Waals surface area contributed by atoms with Gasteiger partial charge in [-0.05, 0) is 43.7 Å². The van der Waals surface area contributed by atoms with Crippen LogP contribution in [0.2, 0.25) is 0 Å². The Hall–Kier alpha value is -0.930. The van der Waals surface area contributed by atoms with Crippen LogP contribution in [0, 0.1) is 0 Å². The smallest absolute Gasteiger partial charge is 0.0705 e. The molecule has 1 saturated carbocycles. The number of ether oxygens (including phenoxy) is 1. The first-order chi connectivity index (χ1) is 8.65. The van der Waals surface area contributed by atoms with Crippen molar-refractivity contribution in [3.63, 3.8) is 0 Å². The van der Waals surface area contributed by atoms with Crippen molar-refractivity contribution in [1.82, 2.24) is 4.98 Å². The number of rotatable bonds is 4. The van der Waals surface area contributed by atoms with E-state index in [2.05, 4.69) is 18.0 Å². The molecule has 0 aromatic carbocycles. The molecule has 3 nitrogen and oxygen atoms in total. The van der Waals surface area contributed by atoms with Crippen molar-refractivity contribution >= 4 is 0 Å². The lowest BCUT2D eigenvalue weighted by Gasteiger charge is -2.35. The molecule has 0 bridgehead atoms. The zero-order valence-corrected chi connectivity index (χ0v) is 11.4. The standard InChI is InChI=1S/C15H23NO2/c1-3-12-4-5-13(16-11-12)10-15(17)8-6-14(18-2)7-9-15/h4-5,11,14,17H,3,6-10H2,1-2H3. The van der Waals surface area contributed by atoms with Crippen LogP contribution < -0.4 is 0 Å². The maximum atomic E-state index is 10.6. The van der Waals surface area contributed by atoms with E-state index in [1.807, 2.05) is 12.3 Å². The lowest BCUT2D eigenvalue weighted by Crippen LogP contribution is -2.38. The average molecular weight is 249 g/mol. The molecule has 1 aliphatic carbocycles. The van der Waals surface area contributed by atoms with Gasteiger partial charge in [-0.15, -0.1) is 0 Å². The number of nitrogens with zero attached hydrogens (tertiary/aromatic N) is 1. The van der Waals surface area contributed by atoms with E-state index in [-0.39, 0.29) is 0 Å². The summed E-state index contributed by atoms with van der Waals surface area (Å²) in [5.74, 6) is 0.